The highest BCUT2D eigenvalue weighted by molar-refractivity contribution is 7.21. The van der Waals surface area contributed by atoms with Gasteiger partial charge in [0.2, 0.25) is 5.95 Å². The van der Waals surface area contributed by atoms with Crippen LogP contribution in [0.1, 0.15) is 67.5 Å². The van der Waals surface area contributed by atoms with Gasteiger partial charge in [-0.15, -0.1) is 11.3 Å². The summed E-state index contributed by atoms with van der Waals surface area (Å²) in [5.41, 5.74) is 3.17. The normalized spacial score (nSPS) is 23.4. The quantitative estimate of drug-likeness (QED) is 0.156. The van der Waals surface area contributed by atoms with Gasteiger partial charge >= 0.3 is 23.3 Å². The van der Waals surface area contributed by atoms with Crippen molar-refractivity contribution in [3.8, 4) is 10.6 Å². The Morgan fingerprint density at radius 3 is 2.22 bits per heavy atom. The molecule has 0 spiro atoms. The third-order valence-corrected chi connectivity index (χ3v) is 20.8. The van der Waals surface area contributed by atoms with Gasteiger partial charge in [0.25, 0.3) is 0 Å². The first-order valence-electron chi connectivity index (χ1n) is 17.0. The number of aryl methyl sites for hydroxylation is 1. The number of para-hydroxylation sites is 1. The van der Waals surface area contributed by atoms with E-state index in [2.05, 4.69) is 81.1 Å². The van der Waals surface area contributed by atoms with Gasteiger partial charge in [-0.05, 0) is 47.6 Å². The van der Waals surface area contributed by atoms with E-state index in [1.54, 1.807) is 6.92 Å². The lowest BCUT2D eigenvalue weighted by Crippen LogP contribution is -2.64. The molecular formula is C33H49F3N6O4SSi2. The number of rotatable bonds is 10. The molecule has 0 radical (unpaired) electrons. The van der Waals surface area contributed by atoms with Gasteiger partial charge in [-0.3, -0.25) is 0 Å². The standard InChI is InChI=1S/C33H49F3N6O4SSi2/c1-18(2)48(19(3)4)44-16-23-15-25(28(42-43-10)29(23)45-49(46-48,20(5)6)21(7)8)39-30-27(31-40-24-13-11-12-14-26(24)47-31)22(9)38-32(41-30)37-17-33(34,35)36/h11-14,18-21,23,25,29H,15-17H2,1-10H3,(H2,37,38,39,41)/t23-,25-,29-/m1/s1. The molecule has 16 heteroatoms. The van der Waals surface area contributed by atoms with Crippen molar-refractivity contribution < 1.29 is 31.0 Å². The fourth-order valence-corrected chi connectivity index (χ4v) is 19.5. The summed E-state index contributed by atoms with van der Waals surface area (Å²) in [7, 11) is -4.24. The Bertz CT molecular complexity index is 1610. The van der Waals surface area contributed by atoms with Crippen molar-refractivity contribution in [3.63, 3.8) is 0 Å². The SMILES string of the molecule is CON=C1[C@H](Nc2nc(NCC(F)(F)F)nc(C)c2-c2nc3ccccc3s2)C[C@@H]2CO[Si](C(C)C)(C(C)C)O[Si](C(C)C)(C(C)C)O[C@@H]12. The van der Waals surface area contributed by atoms with E-state index in [-0.39, 0.29) is 34.0 Å². The van der Waals surface area contributed by atoms with Crippen LogP contribution in [-0.2, 0) is 17.8 Å². The number of halogens is 3. The van der Waals surface area contributed by atoms with Crippen molar-refractivity contribution >= 4 is 56.2 Å². The number of benzene rings is 1. The molecule has 1 aromatic carbocycles. The van der Waals surface area contributed by atoms with Gasteiger partial charge in [0.05, 0.1) is 33.6 Å². The maximum Gasteiger partial charge on any atom is 0.405 e. The van der Waals surface area contributed by atoms with Gasteiger partial charge in [0.15, 0.2) is 0 Å². The molecule has 270 valence electrons. The summed E-state index contributed by atoms with van der Waals surface area (Å²) in [6.45, 7) is 18.3. The highest BCUT2D eigenvalue weighted by Crippen LogP contribution is 2.49. The first-order valence-corrected chi connectivity index (χ1v) is 21.7. The van der Waals surface area contributed by atoms with Crippen LogP contribution in [0.2, 0.25) is 22.2 Å². The van der Waals surface area contributed by atoms with E-state index in [1.807, 2.05) is 24.3 Å². The van der Waals surface area contributed by atoms with Crippen LogP contribution in [0, 0.1) is 12.8 Å². The Balaban J connectivity index is 1.60. The summed E-state index contributed by atoms with van der Waals surface area (Å²) in [6, 6.07) is 7.32. The molecule has 5 rings (SSSR count). The van der Waals surface area contributed by atoms with E-state index in [0.29, 0.717) is 40.8 Å². The van der Waals surface area contributed by atoms with E-state index < -0.39 is 42.0 Å². The number of aromatic nitrogens is 3. The number of thiazole rings is 1. The van der Waals surface area contributed by atoms with Gasteiger partial charge < -0.3 is 28.4 Å². The second kappa shape index (κ2) is 14.5. The minimum atomic E-state index is -4.44. The van der Waals surface area contributed by atoms with E-state index in [9.17, 15) is 13.2 Å². The molecule has 2 aromatic heterocycles. The van der Waals surface area contributed by atoms with Crippen LogP contribution in [-0.4, -0.2) is 76.4 Å². The molecule has 0 amide bonds. The maximum atomic E-state index is 13.2. The number of oxime groups is 1. The van der Waals surface area contributed by atoms with E-state index in [0.717, 1.165) is 10.2 Å². The molecule has 1 aliphatic carbocycles. The van der Waals surface area contributed by atoms with E-state index in [4.69, 9.17) is 22.8 Å². The molecule has 0 unspecified atom stereocenters. The van der Waals surface area contributed by atoms with Crippen molar-refractivity contribution in [3.05, 3.63) is 30.0 Å². The Morgan fingerprint density at radius 2 is 1.63 bits per heavy atom. The summed E-state index contributed by atoms with van der Waals surface area (Å²) in [5.74, 6) is 0.126. The minimum absolute atomic E-state index is 0.0827. The smallest absolute Gasteiger partial charge is 0.405 e. The largest absolute Gasteiger partial charge is 0.414 e. The van der Waals surface area contributed by atoms with Crippen LogP contribution in [0.15, 0.2) is 29.4 Å². The second-order valence-corrected chi connectivity index (χ2v) is 24.1. The predicted molar refractivity (Wildman–Crippen MR) is 194 cm³/mol. The molecule has 3 heterocycles. The van der Waals surface area contributed by atoms with Gasteiger partial charge in [-0.25, -0.2) is 9.97 Å². The number of alkyl halides is 3. The van der Waals surface area contributed by atoms with E-state index >= 15 is 0 Å². The van der Waals surface area contributed by atoms with Crippen molar-refractivity contribution in [1.29, 1.82) is 0 Å². The third-order valence-electron chi connectivity index (χ3n) is 9.54. The number of anilines is 2. The fourth-order valence-electron chi connectivity index (χ4n) is 7.14. The highest BCUT2D eigenvalue weighted by Gasteiger charge is 2.61. The van der Waals surface area contributed by atoms with Crippen molar-refractivity contribution in [1.82, 2.24) is 15.0 Å². The lowest BCUT2D eigenvalue weighted by molar-refractivity contribution is -0.115. The van der Waals surface area contributed by atoms with Crippen molar-refractivity contribution in [2.45, 2.75) is 109 Å². The molecule has 49 heavy (non-hydrogen) atoms. The molecule has 1 aliphatic heterocycles. The zero-order valence-corrected chi connectivity index (χ0v) is 32.8. The Morgan fingerprint density at radius 1 is 0.980 bits per heavy atom. The summed E-state index contributed by atoms with van der Waals surface area (Å²) in [4.78, 5) is 19.3. The molecule has 2 aliphatic rings. The fraction of sp³-hybridized carbons (Fsp3) is 0.636. The topological polar surface area (TPSA) is 112 Å². The van der Waals surface area contributed by atoms with E-state index in [1.165, 1.54) is 18.4 Å². The molecule has 3 atom stereocenters. The van der Waals surface area contributed by atoms with Crippen LogP contribution >= 0.6 is 11.3 Å². The molecule has 2 N–H and O–H groups in total. The predicted octanol–water partition coefficient (Wildman–Crippen LogP) is 8.80. The van der Waals surface area contributed by atoms with Crippen molar-refractivity contribution in [2.24, 2.45) is 11.1 Å². The molecule has 0 bridgehead atoms. The summed E-state index contributed by atoms with van der Waals surface area (Å²) < 4.78 is 62.4. The average molecular weight is 739 g/mol. The van der Waals surface area contributed by atoms with Crippen LogP contribution in [0.5, 0.6) is 0 Å². The second-order valence-electron chi connectivity index (χ2n) is 14.2. The number of nitrogens with zero attached hydrogens (tertiary/aromatic N) is 4. The first kappa shape index (κ1) is 37.6. The average Bonchev–Trinajstić information content (AvgIpc) is 3.56. The lowest BCUT2D eigenvalue weighted by atomic mass is 10.1. The highest BCUT2D eigenvalue weighted by atomic mass is 32.1. The van der Waals surface area contributed by atoms with Crippen LogP contribution in [0.3, 0.4) is 0 Å². The minimum Gasteiger partial charge on any atom is -0.414 e. The molecular weight excluding hydrogens is 690 g/mol. The molecule has 1 saturated carbocycles. The summed E-state index contributed by atoms with van der Waals surface area (Å²) in [6.07, 6.45) is -4.33. The van der Waals surface area contributed by atoms with Gasteiger partial charge in [-0.1, -0.05) is 72.7 Å². The molecule has 1 saturated heterocycles. The molecule has 3 aromatic rings. The van der Waals surface area contributed by atoms with Crippen molar-refractivity contribution in [2.75, 3.05) is 30.9 Å². The zero-order chi connectivity index (χ0) is 35.9. The first-order chi connectivity index (χ1) is 23.0. The van der Waals surface area contributed by atoms with Gasteiger partial charge in [-0.2, -0.15) is 18.2 Å². The summed E-state index contributed by atoms with van der Waals surface area (Å²) >= 11 is 1.47. The summed E-state index contributed by atoms with van der Waals surface area (Å²) in [5, 5.41) is 11.1. The van der Waals surface area contributed by atoms with Gasteiger partial charge in [0, 0.05) is 12.5 Å². The van der Waals surface area contributed by atoms with Crippen LogP contribution in [0.4, 0.5) is 24.9 Å². The van der Waals surface area contributed by atoms with Crippen LogP contribution in [0.25, 0.3) is 20.8 Å². The Hall–Kier alpha value is -2.64. The number of fused-ring (bicyclic) bond motifs is 2. The molecule has 10 nitrogen and oxygen atoms in total. The number of nitrogens with one attached hydrogen (secondary N) is 2. The Kier molecular flexibility index (Phi) is 11.2. The monoisotopic (exact) mass is 738 g/mol. The lowest BCUT2D eigenvalue weighted by Gasteiger charge is -2.51. The van der Waals surface area contributed by atoms with Gasteiger partial charge in [0.1, 0.15) is 30.2 Å². The number of hydrogen-bond donors (Lipinski definition) is 2. The van der Waals surface area contributed by atoms with Crippen LogP contribution < -0.4 is 10.6 Å². The maximum absolute atomic E-state index is 13.2. The number of hydrogen-bond acceptors (Lipinski definition) is 11. The Labute approximate surface area is 293 Å². The third kappa shape index (κ3) is 7.54. The zero-order valence-electron chi connectivity index (χ0n) is 29.9. The molecule has 2 fully saturated rings.